The molecule has 0 aliphatic rings. The van der Waals surface area contributed by atoms with E-state index in [1.54, 1.807) is 0 Å². The van der Waals surface area contributed by atoms with Crippen LogP contribution in [0.3, 0.4) is 0 Å². The van der Waals surface area contributed by atoms with Gasteiger partial charge < -0.3 is 18.9 Å². The summed E-state index contributed by atoms with van der Waals surface area (Å²) in [6.45, 7) is 4.35. The molecule has 0 saturated carbocycles. The van der Waals surface area contributed by atoms with Gasteiger partial charge in [-0.05, 0) is 96.3 Å². The maximum absolute atomic E-state index is 12.9. The van der Waals surface area contributed by atoms with Crippen molar-refractivity contribution >= 4 is 19.8 Å². The van der Waals surface area contributed by atoms with Crippen LogP contribution >= 0.6 is 7.82 Å². The summed E-state index contributed by atoms with van der Waals surface area (Å²) in [6.07, 6.45) is 98.2. The Morgan fingerprint density at radius 3 is 0.944 bits per heavy atom. The highest BCUT2D eigenvalue weighted by molar-refractivity contribution is 7.47. The maximum Gasteiger partial charge on any atom is 0.472 e. The molecule has 0 aliphatic heterocycles. The lowest BCUT2D eigenvalue weighted by atomic mass is 10.0. The lowest BCUT2D eigenvalue weighted by molar-refractivity contribution is -0.870. The highest BCUT2D eigenvalue weighted by atomic mass is 31.2. The molecule has 0 aromatic carbocycles. The summed E-state index contributed by atoms with van der Waals surface area (Å²) in [5, 5.41) is 0. The fourth-order valence-corrected chi connectivity index (χ4v) is 11.6. The van der Waals surface area contributed by atoms with E-state index in [4.69, 9.17) is 18.5 Å². The molecule has 0 amide bonds. The molecule has 522 valence electrons. The fourth-order valence-electron chi connectivity index (χ4n) is 10.8. The SMILES string of the molecule is CC/C=C\C/C=C\C/C=C\C/C=C\C/C=C\C/C=C\CCCCCCCCCCCCCCCCC(=O)OC(COC(=O)CCCCCCCCCCCCCCCCCCCCCCC/C=C\C/C=C\CCCCCCC)COP(=O)(O)OCC[N+](C)(C)C. The van der Waals surface area contributed by atoms with Crippen LogP contribution in [-0.2, 0) is 32.7 Å². The van der Waals surface area contributed by atoms with Gasteiger partial charge in [0.2, 0.25) is 0 Å². The number of likely N-dealkylation sites (N-methyl/N-ethyl adjacent to an activating group) is 1. The van der Waals surface area contributed by atoms with Crippen molar-refractivity contribution in [3.8, 4) is 0 Å². The molecule has 0 fully saturated rings. The van der Waals surface area contributed by atoms with E-state index in [0.29, 0.717) is 17.4 Å². The van der Waals surface area contributed by atoms with Crippen molar-refractivity contribution in [3.63, 3.8) is 0 Å². The Morgan fingerprint density at radius 2 is 0.633 bits per heavy atom. The van der Waals surface area contributed by atoms with Gasteiger partial charge in [-0.25, -0.2) is 4.57 Å². The van der Waals surface area contributed by atoms with Crippen molar-refractivity contribution in [1.29, 1.82) is 0 Å². The third-order valence-corrected chi connectivity index (χ3v) is 17.6. The first kappa shape index (κ1) is 86.9. The van der Waals surface area contributed by atoms with Crippen molar-refractivity contribution < 1.29 is 42.1 Å². The van der Waals surface area contributed by atoms with E-state index in [9.17, 15) is 19.0 Å². The number of unbranched alkanes of at least 4 members (excludes halogenated alkanes) is 40. The van der Waals surface area contributed by atoms with Crippen LogP contribution in [0.15, 0.2) is 97.2 Å². The summed E-state index contributed by atoms with van der Waals surface area (Å²) in [7, 11) is 1.48. The smallest absolute Gasteiger partial charge is 0.462 e. The zero-order valence-electron chi connectivity index (χ0n) is 59.6. The topological polar surface area (TPSA) is 108 Å². The first-order valence-corrected chi connectivity index (χ1v) is 39.5. The number of quaternary nitrogens is 1. The molecule has 0 spiro atoms. The molecule has 2 unspecified atom stereocenters. The van der Waals surface area contributed by atoms with Crippen LogP contribution in [0.5, 0.6) is 0 Å². The molecule has 0 bridgehead atoms. The van der Waals surface area contributed by atoms with Gasteiger partial charge in [0.25, 0.3) is 0 Å². The number of carbonyl (C=O) groups is 2. The molecule has 0 heterocycles. The molecule has 2 atom stereocenters. The van der Waals surface area contributed by atoms with Gasteiger partial charge in [0.05, 0.1) is 27.7 Å². The highest BCUT2D eigenvalue weighted by Gasteiger charge is 2.27. The van der Waals surface area contributed by atoms with E-state index in [1.165, 1.54) is 231 Å². The molecule has 90 heavy (non-hydrogen) atoms. The highest BCUT2D eigenvalue weighted by Crippen LogP contribution is 2.43. The van der Waals surface area contributed by atoms with Crippen LogP contribution in [0.1, 0.15) is 348 Å². The average molecular weight is 1280 g/mol. The summed E-state index contributed by atoms with van der Waals surface area (Å²) in [5.74, 6) is -0.785. The number of hydrogen-bond acceptors (Lipinski definition) is 7. The Hall–Kier alpha value is -3.07. The van der Waals surface area contributed by atoms with Crippen molar-refractivity contribution in [2.75, 3.05) is 47.5 Å². The Kier molecular flexibility index (Phi) is 67.9. The maximum atomic E-state index is 12.9. The number of carbonyl (C=O) groups excluding carboxylic acids is 2. The van der Waals surface area contributed by atoms with Crippen LogP contribution in [0.25, 0.3) is 0 Å². The molecule has 0 aliphatic carbocycles. The fraction of sp³-hybridized carbons (Fsp3) is 0.775. The average Bonchev–Trinajstić information content (AvgIpc) is 3.58. The molecule has 0 rings (SSSR count). The van der Waals surface area contributed by atoms with E-state index in [0.717, 1.165) is 83.5 Å². The van der Waals surface area contributed by atoms with Gasteiger partial charge in [0.1, 0.15) is 19.8 Å². The first-order valence-electron chi connectivity index (χ1n) is 38.0. The number of nitrogens with zero attached hydrogens (tertiary/aromatic N) is 1. The van der Waals surface area contributed by atoms with Gasteiger partial charge in [0.15, 0.2) is 6.10 Å². The summed E-state index contributed by atoms with van der Waals surface area (Å²) >= 11 is 0. The van der Waals surface area contributed by atoms with Gasteiger partial charge in [-0.1, -0.05) is 336 Å². The number of phosphoric ester groups is 1. The lowest BCUT2D eigenvalue weighted by Crippen LogP contribution is -2.37. The van der Waals surface area contributed by atoms with E-state index < -0.39 is 26.5 Å². The molecule has 1 N–H and O–H groups in total. The number of rotatable bonds is 70. The van der Waals surface area contributed by atoms with Gasteiger partial charge in [0, 0.05) is 12.8 Å². The minimum Gasteiger partial charge on any atom is -0.462 e. The Balaban J connectivity index is 3.99. The van der Waals surface area contributed by atoms with Gasteiger partial charge >= 0.3 is 19.8 Å². The molecule has 9 nitrogen and oxygen atoms in total. The summed E-state index contributed by atoms with van der Waals surface area (Å²) in [4.78, 5) is 36.0. The third-order valence-electron chi connectivity index (χ3n) is 16.6. The van der Waals surface area contributed by atoms with Crippen LogP contribution in [-0.4, -0.2) is 74.9 Å². The van der Waals surface area contributed by atoms with Crippen LogP contribution < -0.4 is 0 Å². The van der Waals surface area contributed by atoms with Crippen molar-refractivity contribution in [2.45, 2.75) is 354 Å². The van der Waals surface area contributed by atoms with Crippen molar-refractivity contribution in [1.82, 2.24) is 0 Å². The molecule has 0 aromatic heterocycles. The van der Waals surface area contributed by atoms with Crippen LogP contribution in [0.4, 0.5) is 0 Å². The standard InChI is InChI=1S/C80H144NO8P/c1-6-8-10-12-14-16-18-20-22-24-26-28-30-32-34-36-38-40-42-44-46-48-50-52-54-56-58-60-62-64-66-68-70-72-79(82)86-76-78(77-88-90(84,85)87-75-74-81(3,4)5)89-80(83)73-71-69-67-65-63-61-59-57-55-53-51-49-47-45-43-41-39-37-35-33-31-29-27-25-23-21-19-17-15-13-11-9-7-2/h9,11,15,17-18,20-21,23-24,26-27,29,33,35,39,41,78H,6-8,10,12-14,16,19,22,25,28,30-32,34,36-38,40,42-77H2,1-5H3/p+1/b11-9-,17-15-,20-18-,23-21-,26-24-,29-27-,35-33-,41-39-. The van der Waals surface area contributed by atoms with Gasteiger partial charge in [-0.15, -0.1) is 0 Å². The lowest BCUT2D eigenvalue weighted by Gasteiger charge is -2.24. The largest absolute Gasteiger partial charge is 0.472 e. The number of hydrogen-bond donors (Lipinski definition) is 1. The molecule has 0 aromatic rings. The first-order chi connectivity index (χ1) is 44.0. The third kappa shape index (κ3) is 74.0. The minimum absolute atomic E-state index is 0.0303. The van der Waals surface area contributed by atoms with Gasteiger partial charge in [-0.3, -0.25) is 18.6 Å². The predicted octanol–water partition coefficient (Wildman–Crippen LogP) is 25.1. The van der Waals surface area contributed by atoms with E-state index in [1.807, 2.05) is 21.1 Å². The number of esters is 2. The van der Waals surface area contributed by atoms with E-state index in [-0.39, 0.29) is 32.0 Å². The van der Waals surface area contributed by atoms with Gasteiger partial charge in [-0.2, -0.15) is 0 Å². The predicted molar refractivity (Wildman–Crippen MR) is 390 cm³/mol. The summed E-state index contributed by atoms with van der Waals surface area (Å²) in [5.41, 5.74) is 0. The monoisotopic (exact) mass is 1280 g/mol. The molecule has 0 radical (unpaired) electrons. The van der Waals surface area contributed by atoms with Crippen molar-refractivity contribution in [2.24, 2.45) is 0 Å². The molecule has 10 heteroatoms. The molecular weight excluding hydrogens is 1130 g/mol. The van der Waals surface area contributed by atoms with Crippen LogP contribution in [0, 0.1) is 0 Å². The number of phosphoric acid groups is 1. The number of ether oxygens (including phenoxy) is 2. The Bertz CT molecular complexity index is 1840. The Morgan fingerprint density at radius 1 is 0.356 bits per heavy atom. The Labute approximate surface area is 557 Å². The normalized spacial score (nSPS) is 13.6. The molecular formula is C80H145NO8P+. The van der Waals surface area contributed by atoms with Crippen LogP contribution in [0.2, 0.25) is 0 Å². The molecule has 0 saturated heterocycles. The quantitative estimate of drug-likeness (QED) is 0.0211. The zero-order valence-corrected chi connectivity index (χ0v) is 60.5. The van der Waals surface area contributed by atoms with Crippen molar-refractivity contribution in [3.05, 3.63) is 97.2 Å². The zero-order chi connectivity index (χ0) is 65.5. The summed E-state index contributed by atoms with van der Waals surface area (Å²) < 4.78 is 34.8. The van der Waals surface area contributed by atoms with E-state index in [2.05, 4.69) is 111 Å². The number of allylic oxidation sites excluding steroid dienone is 16. The summed E-state index contributed by atoms with van der Waals surface area (Å²) in [6, 6.07) is 0. The second kappa shape index (κ2) is 70.3. The second-order valence-corrected chi connectivity index (χ2v) is 28.1. The second-order valence-electron chi connectivity index (χ2n) is 26.7. The minimum atomic E-state index is -4.40. The van der Waals surface area contributed by atoms with E-state index >= 15 is 0 Å².